The van der Waals surface area contributed by atoms with Crippen molar-refractivity contribution in [3.8, 4) is 0 Å². The molecule has 0 aliphatic rings. The SMILES string of the molecule is CC(C)N(C)CC(=O)NC(c1ccccc1)c1ccccc1. The second kappa shape index (κ2) is 7.76. The summed E-state index contributed by atoms with van der Waals surface area (Å²) in [5.41, 5.74) is 2.18. The molecule has 0 aliphatic heterocycles. The number of nitrogens with one attached hydrogen (secondary N) is 1. The molecule has 1 amide bonds. The Kier molecular flexibility index (Phi) is 5.73. The predicted molar refractivity (Wildman–Crippen MR) is 90.6 cm³/mol. The van der Waals surface area contributed by atoms with Crippen LogP contribution >= 0.6 is 0 Å². The van der Waals surface area contributed by atoms with E-state index in [1.807, 2.05) is 72.6 Å². The smallest absolute Gasteiger partial charge is 0.234 e. The number of benzene rings is 2. The van der Waals surface area contributed by atoms with Crippen LogP contribution in [0.25, 0.3) is 0 Å². The van der Waals surface area contributed by atoms with Crippen molar-refractivity contribution in [2.45, 2.75) is 25.9 Å². The van der Waals surface area contributed by atoms with Crippen LogP contribution < -0.4 is 5.32 Å². The third kappa shape index (κ3) is 4.43. The standard InChI is InChI=1S/C19H24N2O/c1-15(2)21(3)14-18(22)20-19(16-10-6-4-7-11-16)17-12-8-5-9-13-17/h4-13,15,19H,14H2,1-3H3,(H,20,22). The summed E-state index contributed by atoms with van der Waals surface area (Å²) in [5, 5.41) is 3.15. The van der Waals surface area contributed by atoms with Crippen molar-refractivity contribution in [2.24, 2.45) is 0 Å². The summed E-state index contributed by atoms with van der Waals surface area (Å²) in [6, 6.07) is 20.4. The van der Waals surface area contributed by atoms with Crippen molar-refractivity contribution in [3.63, 3.8) is 0 Å². The maximum Gasteiger partial charge on any atom is 0.234 e. The van der Waals surface area contributed by atoms with Crippen LogP contribution in [-0.2, 0) is 4.79 Å². The van der Waals surface area contributed by atoms with Crippen LogP contribution in [0.3, 0.4) is 0 Å². The largest absolute Gasteiger partial charge is 0.344 e. The minimum absolute atomic E-state index is 0.0360. The second-order valence-corrected chi connectivity index (χ2v) is 5.83. The molecular formula is C19H24N2O. The van der Waals surface area contributed by atoms with E-state index in [1.165, 1.54) is 0 Å². The second-order valence-electron chi connectivity index (χ2n) is 5.83. The number of hydrogen-bond acceptors (Lipinski definition) is 2. The van der Waals surface area contributed by atoms with E-state index in [-0.39, 0.29) is 11.9 Å². The molecule has 2 aromatic carbocycles. The Hall–Kier alpha value is -2.13. The van der Waals surface area contributed by atoms with Gasteiger partial charge < -0.3 is 5.32 Å². The van der Waals surface area contributed by atoms with Crippen LogP contribution in [-0.4, -0.2) is 30.4 Å². The topological polar surface area (TPSA) is 32.3 Å². The Labute approximate surface area is 133 Å². The third-order valence-electron chi connectivity index (χ3n) is 3.85. The van der Waals surface area contributed by atoms with Crippen LogP contribution in [0.2, 0.25) is 0 Å². The summed E-state index contributed by atoms with van der Waals surface area (Å²) < 4.78 is 0. The van der Waals surface area contributed by atoms with E-state index >= 15 is 0 Å². The zero-order valence-electron chi connectivity index (χ0n) is 13.5. The first-order valence-electron chi connectivity index (χ1n) is 7.67. The molecule has 0 unspecified atom stereocenters. The molecule has 3 nitrogen and oxygen atoms in total. The summed E-state index contributed by atoms with van der Waals surface area (Å²) in [7, 11) is 1.96. The average molecular weight is 296 g/mol. The van der Waals surface area contributed by atoms with Crippen molar-refractivity contribution >= 4 is 5.91 Å². The van der Waals surface area contributed by atoms with Gasteiger partial charge in [0.05, 0.1) is 12.6 Å². The van der Waals surface area contributed by atoms with Crippen molar-refractivity contribution in [2.75, 3.05) is 13.6 Å². The fourth-order valence-corrected chi connectivity index (χ4v) is 2.27. The molecule has 2 rings (SSSR count). The Morgan fingerprint density at radius 3 is 1.82 bits per heavy atom. The minimum Gasteiger partial charge on any atom is -0.344 e. The minimum atomic E-state index is -0.115. The zero-order valence-corrected chi connectivity index (χ0v) is 13.5. The molecule has 0 atom stereocenters. The fraction of sp³-hybridized carbons (Fsp3) is 0.316. The molecule has 0 saturated carbocycles. The molecule has 0 heterocycles. The third-order valence-corrected chi connectivity index (χ3v) is 3.85. The summed E-state index contributed by atoms with van der Waals surface area (Å²) in [5.74, 6) is 0.0360. The van der Waals surface area contributed by atoms with E-state index in [9.17, 15) is 4.79 Å². The van der Waals surface area contributed by atoms with Gasteiger partial charge in [0, 0.05) is 6.04 Å². The summed E-state index contributed by atoms with van der Waals surface area (Å²) in [6.45, 7) is 4.56. The lowest BCUT2D eigenvalue weighted by Gasteiger charge is -2.24. The van der Waals surface area contributed by atoms with Crippen LogP contribution in [0.4, 0.5) is 0 Å². The predicted octanol–water partition coefficient (Wildman–Crippen LogP) is 3.23. The van der Waals surface area contributed by atoms with Gasteiger partial charge in [-0.2, -0.15) is 0 Å². The molecule has 0 spiro atoms. The van der Waals surface area contributed by atoms with Gasteiger partial charge in [-0.05, 0) is 32.0 Å². The van der Waals surface area contributed by atoms with Gasteiger partial charge in [0.1, 0.15) is 0 Å². The first-order chi connectivity index (χ1) is 10.6. The number of amides is 1. The van der Waals surface area contributed by atoms with Crippen molar-refractivity contribution in [1.82, 2.24) is 10.2 Å². The van der Waals surface area contributed by atoms with Gasteiger partial charge in [-0.1, -0.05) is 60.7 Å². The lowest BCUT2D eigenvalue weighted by atomic mass is 9.99. The Morgan fingerprint density at radius 2 is 1.41 bits per heavy atom. The maximum atomic E-state index is 12.4. The fourth-order valence-electron chi connectivity index (χ4n) is 2.27. The van der Waals surface area contributed by atoms with E-state index in [4.69, 9.17) is 0 Å². The molecule has 0 saturated heterocycles. The molecule has 0 aliphatic carbocycles. The number of rotatable bonds is 6. The first kappa shape index (κ1) is 16.2. The van der Waals surface area contributed by atoms with Crippen LogP contribution in [0.5, 0.6) is 0 Å². The summed E-state index contributed by atoms with van der Waals surface area (Å²) >= 11 is 0. The zero-order chi connectivity index (χ0) is 15.9. The monoisotopic (exact) mass is 296 g/mol. The average Bonchev–Trinajstić information content (AvgIpc) is 2.54. The van der Waals surface area contributed by atoms with E-state index in [0.717, 1.165) is 11.1 Å². The van der Waals surface area contributed by atoms with E-state index in [0.29, 0.717) is 12.6 Å². The quantitative estimate of drug-likeness (QED) is 0.887. The lowest BCUT2D eigenvalue weighted by Crippen LogP contribution is -2.40. The number of hydrogen-bond donors (Lipinski definition) is 1. The number of likely N-dealkylation sites (N-methyl/N-ethyl adjacent to an activating group) is 1. The molecular weight excluding hydrogens is 272 g/mol. The first-order valence-corrected chi connectivity index (χ1v) is 7.67. The molecule has 2 aromatic rings. The van der Waals surface area contributed by atoms with E-state index in [2.05, 4.69) is 19.2 Å². The molecule has 22 heavy (non-hydrogen) atoms. The van der Waals surface area contributed by atoms with Crippen LogP contribution in [0.15, 0.2) is 60.7 Å². The molecule has 0 fully saturated rings. The molecule has 0 radical (unpaired) electrons. The van der Waals surface area contributed by atoms with Gasteiger partial charge in [-0.15, -0.1) is 0 Å². The van der Waals surface area contributed by atoms with Crippen molar-refractivity contribution in [1.29, 1.82) is 0 Å². The van der Waals surface area contributed by atoms with E-state index in [1.54, 1.807) is 0 Å². The van der Waals surface area contributed by atoms with Gasteiger partial charge in [-0.25, -0.2) is 0 Å². The van der Waals surface area contributed by atoms with Gasteiger partial charge >= 0.3 is 0 Å². The number of carbonyl (C=O) groups is 1. The molecule has 0 bridgehead atoms. The molecule has 1 N–H and O–H groups in total. The van der Waals surface area contributed by atoms with Crippen LogP contribution in [0.1, 0.15) is 31.0 Å². The van der Waals surface area contributed by atoms with E-state index < -0.39 is 0 Å². The molecule has 3 heteroatoms. The van der Waals surface area contributed by atoms with Crippen molar-refractivity contribution < 1.29 is 4.79 Å². The van der Waals surface area contributed by atoms with Crippen molar-refractivity contribution in [3.05, 3.63) is 71.8 Å². The highest BCUT2D eigenvalue weighted by Crippen LogP contribution is 2.21. The van der Waals surface area contributed by atoms with Gasteiger partial charge in [0.2, 0.25) is 5.91 Å². The van der Waals surface area contributed by atoms with Gasteiger partial charge in [0.25, 0.3) is 0 Å². The van der Waals surface area contributed by atoms with Gasteiger partial charge in [0.15, 0.2) is 0 Å². The van der Waals surface area contributed by atoms with Crippen LogP contribution in [0, 0.1) is 0 Å². The summed E-state index contributed by atoms with van der Waals surface area (Å²) in [6.07, 6.45) is 0. The highest BCUT2D eigenvalue weighted by molar-refractivity contribution is 5.79. The molecule has 0 aromatic heterocycles. The Morgan fingerprint density at radius 1 is 0.955 bits per heavy atom. The highest BCUT2D eigenvalue weighted by atomic mass is 16.2. The lowest BCUT2D eigenvalue weighted by molar-refractivity contribution is -0.122. The van der Waals surface area contributed by atoms with Gasteiger partial charge in [-0.3, -0.25) is 9.69 Å². The Bertz CT molecular complexity index is 541. The number of nitrogens with zero attached hydrogens (tertiary/aromatic N) is 1. The maximum absolute atomic E-state index is 12.4. The number of carbonyl (C=O) groups excluding carboxylic acids is 1. The molecule has 116 valence electrons. The Balaban J connectivity index is 2.18. The summed E-state index contributed by atoms with van der Waals surface area (Å²) in [4.78, 5) is 14.4. The highest BCUT2D eigenvalue weighted by Gasteiger charge is 2.17. The normalized spacial score (nSPS) is 11.2.